The molecule has 3 rings (SSSR count). The van der Waals surface area contributed by atoms with E-state index in [1.165, 1.54) is 6.07 Å². The molecule has 0 aliphatic carbocycles. The fourth-order valence-electron chi connectivity index (χ4n) is 2.09. The molecule has 0 fully saturated rings. The molecule has 2 heterocycles. The van der Waals surface area contributed by atoms with Crippen LogP contribution < -0.4 is 11.2 Å². The van der Waals surface area contributed by atoms with Crippen LogP contribution in [-0.4, -0.2) is 42.0 Å². The summed E-state index contributed by atoms with van der Waals surface area (Å²) in [6.45, 7) is 3.30. The molecule has 1 amide bonds. The van der Waals surface area contributed by atoms with Gasteiger partial charge in [-0.2, -0.15) is 9.78 Å². The molecule has 0 spiro atoms. The van der Waals surface area contributed by atoms with Crippen molar-refractivity contribution in [2.24, 2.45) is 5.10 Å². The minimum absolute atomic E-state index is 0.0293. The molecule has 2 aromatic heterocycles. The van der Waals surface area contributed by atoms with Gasteiger partial charge >= 0.3 is 0 Å². The molecule has 4 N–H and O–H groups in total. The zero-order valence-corrected chi connectivity index (χ0v) is 13.3. The lowest BCUT2D eigenvalue weighted by Gasteiger charge is -2.05. The number of nitrogens with zero attached hydrogens (tertiary/aromatic N) is 6. The highest BCUT2D eigenvalue weighted by Gasteiger charge is 2.22. The summed E-state index contributed by atoms with van der Waals surface area (Å²) in [4.78, 5) is 12.5. The Labute approximate surface area is 141 Å². The molecule has 128 valence electrons. The Bertz CT molecular complexity index is 959. The number of benzene rings is 1. The molecule has 3 aromatic rings. The van der Waals surface area contributed by atoms with Gasteiger partial charge in [0.2, 0.25) is 11.6 Å². The fourth-order valence-corrected chi connectivity index (χ4v) is 2.09. The highest BCUT2D eigenvalue weighted by atomic mass is 16.6. The summed E-state index contributed by atoms with van der Waals surface area (Å²) in [5.74, 6) is -0.437. The molecule has 0 saturated heterocycles. The van der Waals surface area contributed by atoms with Crippen molar-refractivity contribution in [2.75, 3.05) is 5.73 Å². The standard InChI is InChI=1S/C14H14N8O3/c1-7(9-4-3-5-10(23)6-9)16-18-14(24)11-8(2)17-21-22(11)13-12(15)19-25-20-13/h3-6,23H,1-2H3,(H2,15,19)(H,18,24). The number of phenols is 1. The molecule has 0 bridgehead atoms. The number of amides is 1. The van der Waals surface area contributed by atoms with Crippen LogP contribution in [0, 0.1) is 6.92 Å². The van der Waals surface area contributed by atoms with Crippen LogP contribution in [0.4, 0.5) is 5.82 Å². The van der Waals surface area contributed by atoms with Crippen molar-refractivity contribution in [3.8, 4) is 11.6 Å². The lowest BCUT2D eigenvalue weighted by Crippen LogP contribution is -2.23. The number of aryl methyl sites for hydroxylation is 1. The largest absolute Gasteiger partial charge is 0.508 e. The van der Waals surface area contributed by atoms with Gasteiger partial charge in [0, 0.05) is 5.56 Å². The molecule has 0 aliphatic heterocycles. The average Bonchev–Trinajstić information content (AvgIpc) is 3.17. The summed E-state index contributed by atoms with van der Waals surface area (Å²) in [5.41, 5.74) is 9.65. The molecule has 11 heteroatoms. The second-order valence-electron chi connectivity index (χ2n) is 5.10. The SMILES string of the molecule is CC(=NNC(=O)c1c(C)nnn1-c1nonc1N)c1cccc(O)c1. The van der Waals surface area contributed by atoms with Crippen molar-refractivity contribution < 1.29 is 14.5 Å². The maximum absolute atomic E-state index is 12.5. The third kappa shape index (κ3) is 3.15. The van der Waals surface area contributed by atoms with Gasteiger partial charge in [0.1, 0.15) is 5.75 Å². The van der Waals surface area contributed by atoms with Gasteiger partial charge in [-0.3, -0.25) is 4.79 Å². The summed E-state index contributed by atoms with van der Waals surface area (Å²) in [5, 5.41) is 28.2. The zero-order valence-electron chi connectivity index (χ0n) is 13.3. The van der Waals surface area contributed by atoms with Gasteiger partial charge < -0.3 is 10.8 Å². The third-order valence-electron chi connectivity index (χ3n) is 3.34. The first-order chi connectivity index (χ1) is 12.0. The smallest absolute Gasteiger partial charge is 0.292 e. The van der Waals surface area contributed by atoms with Crippen LogP contribution in [0.5, 0.6) is 5.75 Å². The minimum Gasteiger partial charge on any atom is -0.508 e. The number of anilines is 1. The second kappa shape index (κ2) is 6.39. The van der Waals surface area contributed by atoms with E-state index in [0.717, 1.165) is 4.68 Å². The van der Waals surface area contributed by atoms with Gasteiger partial charge in [0.25, 0.3) is 5.91 Å². The first kappa shape index (κ1) is 16.1. The number of hydrogen-bond donors (Lipinski definition) is 3. The Morgan fingerprint density at radius 3 is 2.88 bits per heavy atom. The molecule has 0 aliphatic rings. The van der Waals surface area contributed by atoms with E-state index in [4.69, 9.17) is 5.73 Å². The summed E-state index contributed by atoms with van der Waals surface area (Å²) < 4.78 is 5.64. The third-order valence-corrected chi connectivity index (χ3v) is 3.34. The van der Waals surface area contributed by atoms with Crippen molar-refractivity contribution in [1.82, 2.24) is 30.7 Å². The highest BCUT2D eigenvalue weighted by Crippen LogP contribution is 2.15. The van der Waals surface area contributed by atoms with Gasteiger partial charge in [0.05, 0.1) is 11.4 Å². The predicted octanol–water partition coefficient (Wildman–Crippen LogP) is 0.401. The van der Waals surface area contributed by atoms with E-state index in [1.54, 1.807) is 32.0 Å². The number of nitrogens with one attached hydrogen (secondary N) is 1. The summed E-state index contributed by atoms with van der Waals surface area (Å²) in [7, 11) is 0. The van der Waals surface area contributed by atoms with Crippen molar-refractivity contribution in [3.05, 3.63) is 41.2 Å². The van der Waals surface area contributed by atoms with Crippen LogP contribution >= 0.6 is 0 Å². The van der Waals surface area contributed by atoms with E-state index >= 15 is 0 Å². The van der Waals surface area contributed by atoms with Crippen LogP contribution in [0.25, 0.3) is 5.82 Å². The number of aromatic hydroxyl groups is 1. The number of rotatable bonds is 4. The van der Waals surface area contributed by atoms with E-state index in [9.17, 15) is 9.90 Å². The normalized spacial score (nSPS) is 11.5. The first-order valence-electron chi connectivity index (χ1n) is 7.12. The van der Waals surface area contributed by atoms with Gasteiger partial charge in [-0.15, -0.1) is 5.10 Å². The highest BCUT2D eigenvalue weighted by molar-refractivity contribution is 6.01. The van der Waals surface area contributed by atoms with E-state index in [-0.39, 0.29) is 23.1 Å². The van der Waals surface area contributed by atoms with Gasteiger partial charge in [-0.05, 0) is 36.3 Å². The molecule has 0 radical (unpaired) electrons. The molecule has 25 heavy (non-hydrogen) atoms. The maximum atomic E-state index is 12.5. The molecule has 1 aromatic carbocycles. The van der Waals surface area contributed by atoms with E-state index in [2.05, 4.69) is 35.8 Å². The number of phenolic OH excluding ortho intramolecular Hbond substituents is 1. The van der Waals surface area contributed by atoms with Crippen LogP contribution in [0.3, 0.4) is 0 Å². The Balaban J connectivity index is 1.86. The van der Waals surface area contributed by atoms with Gasteiger partial charge in [-0.25, -0.2) is 10.1 Å². The molecule has 0 unspecified atom stereocenters. The Kier molecular flexibility index (Phi) is 4.12. The zero-order chi connectivity index (χ0) is 18.0. The van der Waals surface area contributed by atoms with E-state index in [0.29, 0.717) is 17.0 Å². The minimum atomic E-state index is -0.565. The van der Waals surface area contributed by atoms with Gasteiger partial charge in [0.15, 0.2) is 5.69 Å². The lowest BCUT2D eigenvalue weighted by molar-refractivity contribution is 0.0946. The Morgan fingerprint density at radius 1 is 1.40 bits per heavy atom. The van der Waals surface area contributed by atoms with Gasteiger partial charge in [-0.1, -0.05) is 17.3 Å². The van der Waals surface area contributed by atoms with Crippen molar-refractivity contribution in [3.63, 3.8) is 0 Å². The maximum Gasteiger partial charge on any atom is 0.292 e. The second-order valence-corrected chi connectivity index (χ2v) is 5.10. The average molecular weight is 342 g/mol. The quantitative estimate of drug-likeness (QED) is 0.454. The van der Waals surface area contributed by atoms with E-state index in [1.807, 2.05) is 0 Å². The number of hydrazone groups is 1. The first-order valence-corrected chi connectivity index (χ1v) is 7.12. The van der Waals surface area contributed by atoms with Crippen molar-refractivity contribution in [2.45, 2.75) is 13.8 Å². The van der Waals surface area contributed by atoms with Crippen molar-refractivity contribution >= 4 is 17.4 Å². The number of carbonyl (C=O) groups is 1. The summed E-state index contributed by atoms with van der Waals surface area (Å²) >= 11 is 0. The molecule has 0 atom stereocenters. The Hall–Kier alpha value is -3.76. The van der Waals surface area contributed by atoms with Crippen LogP contribution in [0.15, 0.2) is 34.0 Å². The van der Waals surface area contributed by atoms with Crippen molar-refractivity contribution in [1.29, 1.82) is 0 Å². The van der Waals surface area contributed by atoms with E-state index < -0.39 is 5.91 Å². The Morgan fingerprint density at radius 2 is 2.20 bits per heavy atom. The lowest BCUT2D eigenvalue weighted by atomic mass is 10.1. The summed E-state index contributed by atoms with van der Waals surface area (Å²) in [6.07, 6.45) is 0. The van der Waals surface area contributed by atoms with Crippen LogP contribution in [0.2, 0.25) is 0 Å². The fraction of sp³-hybridized carbons (Fsp3) is 0.143. The summed E-state index contributed by atoms with van der Waals surface area (Å²) in [6, 6.07) is 6.50. The predicted molar refractivity (Wildman–Crippen MR) is 86.1 cm³/mol. The van der Waals surface area contributed by atoms with Crippen LogP contribution in [-0.2, 0) is 0 Å². The number of nitrogen functional groups attached to an aromatic ring is 1. The molecular weight excluding hydrogens is 328 g/mol. The monoisotopic (exact) mass is 342 g/mol. The molecule has 11 nitrogen and oxygen atoms in total. The topological polar surface area (TPSA) is 157 Å². The number of aromatic nitrogens is 5. The van der Waals surface area contributed by atoms with Crippen LogP contribution in [0.1, 0.15) is 28.7 Å². The molecule has 0 saturated carbocycles. The molecular formula is C14H14N8O3. The number of nitrogens with two attached hydrogens (primary N) is 1. The number of carbonyl (C=O) groups excluding carboxylic acids is 1. The number of hydrogen-bond acceptors (Lipinski definition) is 9.